The lowest BCUT2D eigenvalue weighted by Gasteiger charge is -2.16. The number of nitrogens with one attached hydrogen (secondary N) is 2. The Morgan fingerprint density at radius 3 is 1.73 bits per heavy atom. The molecule has 0 saturated carbocycles. The second-order valence-electron chi connectivity index (χ2n) is 9.13. The van der Waals surface area contributed by atoms with Crippen LogP contribution in [0.15, 0.2) is 75.4 Å². The van der Waals surface area contributed by atoms with Gasteiger partial charge in [-0.1, -0.05) is 24.3 Å². The molecule has 4 aromatic carbocycles. The molecule has 37 heavy (non-hydrogen) atoms. The number of aryl methyl sites for hydroxylation is 4. The Bertz CT molecular complexity index is 1850. The van der Waals surface area contributed by atoms with E-state index in [1.807, 2.05) is 27.7 Å². The van der Waals surface area contributed by atoms with Crippen LogP contribution in [0.25, 0.3) is 10.8 Å². The molecule has 0 radical (unpaired) electrons. The summed E-state index contributed by atoms with van der Waals surface area (Å²) < 4.78 is 59.6. The summed E-state index contributed by atoms with van der Waals surface area (Å²) in [7, 11) is -8.47. The summed E-state index contributed by atoms with van der Waals surface area (Å²) in [4.78, 5) is 12.5. The molecule has 1 aliphatic heterocycles. The molecule has 1 heterocycles. The molecule has 5 rings (SSSR count). The SMILES string of the molecule is Cc1ccc(NS(=O)(=O)c2cc(S(=O)(=O)Nc3ccc(C)c(C)c3)c3cccc4c3c2SC4=O)cc1C. The smallest absolute Gasteiger partial charge is 0.263 e. The first-order chi connectivity index (χ1) is 17.4. The van der Waals surface area contributed by atoms with Crippen LogP contribution in [0.3, 0.4) is 0 Å². The Balaban J connectivity index is 1.70. The van der Waals surface area contributed by atoms with Gasteiger partial charge in [0, 0.05) is 32.6 Å². The van der Waals surface area contributed by atoms with E-state index >= 15 is 0 Å². The summed E-state index contributed by atoms with van der Waals surface area (Å²) in [6.07, 6.45) is 0. The third-order valence-corrected chi connectivity index (χ3v) is 10.5. The summed E-state index contributed by atoms with van der Waals surface area (Å²) in [5, 5.41) is 0.271. The number of hydrogen-bond donors (Lipinski definition) is 2. The zero-order chi connectivity index (χ0) is 26.7. The van der Waals surface area contributed by atoms with Gasteiger partial charge in [0.15, 0.2) is 0 Å². The lowest BCUT2D eigenvalue weighted by molar-refractivity contribution is 0.109. The lowest BCUT2D eigenvalue weighted by atomic mass is 10.1. The third kappa shape index (κ3) is 4.49. The number of carbonyl (C=O) groups is 1. The van der Waals surface area contributed by atoms with Gasteiger partial charge in [0.1, 0.15) is 4.90 Å². The number of carbonyl (C=O) groups excluding carboxylic acids is 1. The molecule has 4 aromatic rings. The van der Waals surface area contributed by atoms with E-state index < -0.39 is 20.0 Å². The Labute approximate surface area is 220 Å². The molecule has 1 aliphatic rings. The van der Waals surface area contributed by atoms with Crippen LogP contribution in [0.4, 0.5) is 11.4 Å². The van der Waals surface area contributed by atoms with Crippen LogP contribution >= 0.6 is 11.8 Å². The highest BCUT2D eigenvalue weighted by atomic mass is 32.2. The van der Waals surface area contributed by atoms with E-state index in [0.717, 1.165) is 40.1 Å². The predicted molar refractivity (Wildman–Crippen MR) is 148 cm³/mol. The lowest BCUT2D eigenvalue weighted by Crippen LogP contribution is -2.18. The van der Waals surface area contributed by atoms with Crippen molar-refractivity contribution in [1.29, 1.82) is 0 Å². The van der Waals surface area contributed by atoms with Crippen molar-refractivity contribution < 1.29 is 21.6 Å². The fourth-order valence-electron chi connectivity index (χ4n) is 4.26. The summed E-state index contributed by atoms with van der Waals surface area (Å²) in [6.45, 7) is 7.58. The van der Waals surface area contributed by atoms with E-state index in [0.29, 0.717) is 16.8 Å². The van der Waals surface area contributed by atoms with Gasteiger partial charge in [-0.2, -0.15) is 0 Å². The molecule has 0 aromatic heterocycles. The molecule has 190 valence electrons. The maximum absolute atomic E-state index is 13.6. The predicted octanol–water partition coefficient (Wildman–Crippen LogP) is 5.92. The largest absolute Gasteiger partial charge is 0.281 e. The fraction of sp³-hybridized carbons (Fsp3) is 0.148. The van der Waals surface area contributed by atoms with Gasteiger partial charge in [-0.3, -0.25) is 14.2 Å². The van der Waals surface area contributed by atoms with E-state index in [1.54, 1.807) is 54.6 Å². The average Bonchev–Trinajstić information content (AvgIpc) is 3.16. The third-order valence-electron chi connectivity index (χ3n) is 6.55. The number of benzene rings is 4. The maximum Gasteiger partial charge on any atom is 0.263 e. The number of sulfonamides is 2. The first-order valence-electron chi connectivity index (χ1n) is 11.4. The van der Waals surface area contributed by atoms with Crippen LogP contribution in [0.1, 0.15) is 32.6 Å². The van der Waals surface area contributed by atoms with Gasteiger partial charge in [0.05, 0.1) is 4.90 Å². The molecule has 0 aliphatic carbocycles. The summed E-state index contributed by atoms with van der Waals surface area (Å²) in [6, 6.07) is 16.2. The minimum atomic E-state index is -4.25. The van der Waals surface area contributed by atoms with Gasteiger partial charge in [-0.25, -0.2) is 16.8 Å². The van der Waals surface area contributed by atoms with Crippen LogP contribution < -0.4 is 9.44 Å². The summed E-state index contributed by atoms with van der Waals surface area (Å²) >= 11 is 0.793. The Morgan fingerprint density at radius 2 is 1.19 bits per heavy atom. The van der Waals surface area contributed by atoms with Gasteiger partial charge < -0.3 is 0 Å². The van der Waals surface area contributed by atoms with Crippen LogP contribution in [-0.2, 0) is 20.0 Å². The number of thioether (sulfide) groups is 1. The van der Waals surface area contributed by atoms with Gasteiger partial charge in [-0.15, -0.1) is 0 Å². The zero-order valence-corrected chi connectivity index (χ0v) is 23.0. The van der Waals surface area contributed by atoms with E-state index in [2.05, 4.69) is 9.44 Å². The first kappa shape index (κ1) is 25.3. The molecule has 0 fully saturated rings. The molecule has 0 unspecified atom stereocenters. The Morgan fingerprint density at radius 1 is 0.649 bits per heavy atom. The van der Waals surface area contributed by atoms with Crippen LogP contribution in [-0.4, -0.2) is 22.0 Å². The number of rotatable bonds is 6. The molecule has 2 N–H and O–H groups in total. The summed E-state index contributed by atoms with van der Waals surface area (Å²) in [5.74, 6) is 0. The zero-order valence-electron chi connectivity index (χ0n) is 20.5. The van der Waals surface area contributed by atoms with Crippen molar-refractivity contribution >= 4 is 59.1 Å². The summed E-state index contributed by atoms with van der Waals surface area (Å²) in [5.41, 5.74) is 4.80. The molecule has 0 saturated heterocycles. The Kier molecular flexibility index (Phi) is 6.09. The molecule has 0 amide bonds. The number of hydrogen-bond acceptors (Lipinski definition) is 6. The van der Waals surface area contributed by atoms with Crippen LogP contribution in [0.2, 0.25) is 0 Å². The highest BCUT2D eigenvalue weighted by Gasteiger charge is 2.34. The second kappa shape index (κ2) is 8.90. The van der Waals surface area contributed by atoms with E-state index in [4.69, 9.17) is 0 Å². The first-order valence-corrected chi connectivity index (χ1v) is 15.2. The Hall–Kier alpha value is -3.34. The van der Waals surface area contributed by atoms with Gasteiger partial charge in [0.2, 0.25) is 5.12 Å². The maximum atomic E-state index is 13.6. The average molecular weight is 553 g/mol. The molecular weight excluding hydrogens is 529 g/mol. The van der Waals surface area contributed by atoms with Crippen molar-refractivity contribution in [3.8, 4) is 0 Å². The normalized spacial score (nSPS) is 13.2. The number of anilines is 2. The van der Waals surface area contributed by atoms with Crippen molar-refractivity contribution in [3.63, 3.8) is 0 Å². The quantitative estimate of drug-likeness (QED) is 0.307. The monoisotopic (exact) mass is 552 g/mol. The standard InChI is InChI=1S/C27H24N2O5S3/c1-15-8-10-19(12-17(15)3)28-36(31,32)23-14-24(26-25-21(23)6-5-7-22(25)27(30)35-26)37(33,34)29-20-11-9-16(2)18(4)13-20/h5-14,28-29H,1-4H3. The van der Waals surface area contributed by atoms with Crippen LogP contribution in [0, 0.1) is 27.7 Å². The van der Waals surface area contributed by atoms with Crippen molar-refractivity contribution in [3.05, 3.63) is 88.5 Å². The van der Waals surface area contributed by atoms with E-state index in [1.165, 1.54) is 0 Å². The second-order valence-corrected chi connectivity index (χ2v) is 13.4. The molecule has 7 nitrogen and oxygen atoms in total. The topological polar surface area (TPSA) is 109 Å². The van der Waals surface area contributed by atoms with E-state index in [9.17, 15) is 21.6 Å². The minimum absolute atomic E-state index is 0.220. The van der Waals surface area contributed by atoms with Gasteiger partial charge in [0.25, 0.3) is 20.0 Å². The van der Waals surface area contributed by atoms with E-state index in [-0.39, 0.29) is 30.8 Å². The van der Waals surface area contributed by atoms with Crippen LogP contribution in [0.5, 0.6) is 0 Å². The highest BCUT2D eigenvalue weighted by Crippen LogP contribution is 2.46. The molecule has 0 spiro atoms. The molecule has 0 bridgehead atoms. The van der Waals surface area contributed by atoms with Crippen molar-refractivity contribution in [2.24, 2.45) is 0 Å². The van der Waals surface area contributed by atoms with Crippen molar-refractivity contribution in [2.45, 2.75) is 42.4 Å². The van der Waals surface area contributed by atoms with Crippen molar-refractivity contribution in [1.82, 2.24) is 0 Å². The highest BCUT2D eigenvalue weighted by molar-refractivity contribution is 8.15. The van der Waals surface area contributed by atoms with Crippen molar-refractivity contribution in [2.75, 3.05) is 9.44 Å². The molecule has 0 atom stereocenters. The fourth-order valence-corrected chi connectivity index (χ4v) is 8.18. The van der Waals surface area contributed by atoms with Gasteiger partial charge in [-0.05, 0) is 98.1 Å². The van der Waals surface area contributed by atoms with Gasteiger partial charge >= 0.3 is 0 Å². The minimum Gasteiger partial charge on any atom is -0.281 e. The molecule has 10 heteroatoms. The molecular formula is C27H24N2O5S3.